The van der Waals surface area contributed by atoms with Crippen molar-refractivity contribution in [3.8, 4) is 0 Å². The van der Waals surface area contributed by atoms with E-state index in [0.717, 1.165) is 5.56 Å². The second-order valence-corrected chi connectivity index (χ2v) is 6.46. The average molecular weight is 366 g/mol. The third-order valence-electron chi connectivity index (χ3n) is 4.11. The Morgan fingerprint density at radius 1 is 1.04 bits per heavy atom. The molecule has 2 N–H and O–H groups in total. The summed E-state index contributed by atoms with van der Waals surface area (Å²) in [5.41, 5.74) is 3.99. The van der Waals surface area contributed by atoms with Gasteiger partial charge in [0.05, 0.1) is 0 Å². The molecule has 0 saturated heterocycles. The number of amides is 1. The fraction of sp³-hybridized carbons (Fsp3) is 0.143. The molecule has 2 aromatic carbocycles. The van der Waals surface area contributed by atoms with Crippen LogP contribution < -0.4 is 10.6 Å². The lowest BCUT2D eigenvalue weighted by Gasteiger charge is -2.10. The highest BCUT2D eigenvalue weighted by atomic mass is 35.5. The van der Waals surface area contributed by atoms with Crippen molar-refractivity contribution in [3.63, 3.8) is 0 Å². The van der Waals surface area contributed by atoms with Gasteiger partial charge in [0.2, 0.25) is 0 Å². The van der Waals surface area contributed by atoms with Crippen molar-refractivity contribution < 1.29 is 4.79 Å². The van der Waals surface area contributed by atoms with E-state index in [4.69, 9.17) is 11.6 Å². The molecule has 0 saturated carbocycles. The number of nitrogens with zero attached hydrogens (tertiary/aromatic N) is 1. The predicted octanol–water partition coefficient (Wildman–Crippen LogP) is 4.59. The molecule has 0 bridgehead atoms. The van der Waals surface area contributed by atoms with Crippen molar-refractivity contribution >= 4 is 23.3 Å². The number of rotatable bonds is 6. The molecule has 0 atom stereocenters. The molecule has 3 rings (SSSR count). The summed E-state index contributed by atoms with van der Waals surface area (Å²) < 4.78 is 0. The SMILES string of the molecule is Cc1ccccc1CNc1cc(C(=O)NCc2ccc(Cl)cc2)ccn1. The number of halogens is 1. The van der Waals surface area contributed by atoms with Crippen LogP contribution >= 0.6 is 11.6 Å². The Labute approximate surface area is 158 Å². The van der Waals surface area contributed by atoms with Crippen LogP contribution in [-0.2, 0) is 13.1 Å². The fourth-order valence-corrected chi connectivity index (χ4v) is 2.68. The Bertz CT molecular complexity index is 894. The van der Waals surface area contributed by atoms with Gasteiger partial charge < -0.3 is 10.6 Å². The molecule has 0 aliphatic heterocycles. The maximum atomic E-state index is 12.4. The zero-order valence-electron chi connectivity index (χ0n) is 14.5. The van der Waals surface area contributed by atoms with E-state index in [9.17, 15) is 4.79 Å². The van der Waals surface area contributed by atoms with Gasteiger partial charge in [-0.25, -0.2) is 4.98 Å². The number of benzene rings is 2. The summed E-state index contributed by atoms with van der Waals surface area (Å²) in [5.74, 6) is 0.536. The van der Waals surface area contributed by atoms with E-state index in [-0.39, 0.29) is 5.91 Å². The Balaban J connectivity index is 1.60. The molecule has 1 aromatic heterocycles. The van der Waals surface area contributed by atoms with Crippen LogP contribution in [-0.4, -0.2) is 10.9 Å². The van der Waals surface area contributed by atoms with E-state index < -0.39 is 0 Å². The number of pyridine rings is 1. The lowest BCUT2D eigenvalue weighted by atomic mass is 10.1. The number of hydrogen-bond acceptors (Lipinski definition) is 3. The summed E-state index contributed by atoms with van der Waals surface area (Å²) in [6.45, 7) is 3.19. The van der Waals surface area contributed by atoms with Gasteiger partial charge in [0.25, 0.3) is 5.91 Å². The summed E-state index contributed by atoms with van der Waals surface area (Å²) in [5, 5.41) is 6.86. The van der Waals surface area contributed by atoms with Crippen LogP contribution in [0.15, 0.2) is 66.9 Å². The number of carbonyl (C=O) groups excluding carboxylic acids is 1. The first-order valence-electron chi connectivity index (χ1n) is 8.39. The summed E-state index contributed by atoms with van der Waals surface area (Å²) >= 11 is 5.87. The Morgan fingerprint density at radius 3 is 2.58 bits per heavy atom. The second kappa shape index (κ2) is 8.50. The maximum absolute atomic E-state index is 12.4. The highest BCUT2D eigenvalue weighted by Crippen LogP contribution is 2.13. The van der Waals surface area contributed by atoms with Crippen LogP contribution in [0.3, 0.4) is 0 Å². The van der Waals surface area contributed by atoms with Crippen LogP contribution in [0.4, 0.5) is 5.82 Å². The van der Waals surface area contributed by atoms with E-state index in [1.165, 1.54) is 11.1 Å². The van der Waals surface area contributed by atoms with Crippen molar-refractivity contribution in [1.29, 1.82) is 0 Å². The lowest BCUT2D eigenvalue weighted by Crippen LogP contribution is -2.23. The molecule has 5 heteroatoms. The van der Waals surface area contributed by atoms with Gasteiger partial charge >= 0.3 is 0 Å². The first kappa shape index (κ1) is 18.0. The first-order chi connectivity index (χ1) is 12.6. The Hall–Kier alpha value is -2.85. The monoisotopic (exact) mass is 365 g/mol. The van der Waals surface area contributed by atoms with Gasteiger partial charge in [0.15, 0.2) is 0 Å². The van der Waals surface area contributed by atoms with Crippen molar-refractivity contribution in [1.82, 2.24) is 10.3 Å². The molecule has 0 aliphatic carbocycles. The van der Waals surface area contributed by atoms with Gasteiger partial charge in [-0.2, -0.15) is 0 Å². The van der Waals surface area contributed by atoms with Gasteiger partial charge in [0, 0.05) is 29.9 Å². The molecule has 0 aliphatic rings. The van der Waals surface area contributed by atoms with Crippen molar-refractivity contribution in [2.24, 2.45) is 0 Å². The van der Waals surface area contributed by atoms with E-state index >= 15 is 0 Å². The number of hydrogen-bond donors (Lipinski definition) is 2. The molecule has 0 fully saturated rings. The Morgan fingerprint density at radius 2 is 1.81 bits per heavy atom. The lowest BCUT2D eigenvalue weighted by molar-refractivity contribution is 0.0951. The molecule has 3 aromatic rings. The summed E-state index contributed by atoms with van der Waals surface area (Å²) in [4.78, 5) is 16.7. The van der Waals surface area contributed by atoms with Crippen LogP contribution in [0, 0.1) is 6.92 Å². The maximum Gasteiger partial charge on any atom is 0.251 e. The summed E-state index contributed by atoms with van der Waals surface area (Å²) in [6.07, 6.45) is 1.64. The van der Waals surface area contributed by atoms with E-state index in [2.05, 4.69) is 34.7 Å². The number of carbonyl (C=O) groups is 1. The minimum Gasteiger partial charge on any atom is -0.366 e. The molecule has 132 valence electrons. The van der Waals surface area contributed by atoms with E-state index in [1.807, 2.05) is 36.4 Å². The predicted molar refractivity (Wildman–Crippen MR) is 105 cm³/mol. The van der Waals surface area contributed by atoms with Crippen molar-refractivity contribution in [2.45, 2.75) is 20.0 Å². The molecule has 1 heterocycles. The molecule has 0 spiro atoms. The Kier molecular flexibility index (Phi) is 5.87. The standard InChI is InChI=1S/C21H20ClN3O/c1-15-4-2-3-5-18(15)14-24-20-12-17(10-11-23-20)21(26)25-13-16-6-8-19(22)9-7-16/h2-12H,13-14H2,1H3,(H,23,24)(H,25,26). The third-order valence-corrected chi connectivity index (χ3v) is 4.36. The molecular weight excluding hydrogens is 346 g/mol. The van der Waals surface area contributed by atoms with Crippen LogP contribution in [0.25, 0.3) is 0 Å². The zero-order chi connectivity index (χ0) is 18.4. The number of aromatic nitrogens is 1. The number of anilines is 1. The van der Waals surface area contributed by atoms with Crippen LogP contribution in [0.2, 0.25) is 5.02 Å². The summed E-state index contributed by atoms with van der Waals surface area (Å²) in [6, 6.07) is 19.0. The minimum absolute atomic E-state index is 0.138. The normalized spacial score (nSPS) is 10.4. The number of aryl methyl sites for hydroxylation is 1. The molecular formula is C21H20ClN3O. The minimum atomic E-state index is -0.138. The molecule has 0 unspecified atom stereocenters. The van der Waals surface area contributed by atoms with Gasteiger partial charge in [-0.15, -0.1) is 0 Å². The first-order valence-corrected chi connectivity index (χ1v) is 8.77. The summed E-state index contributed by atoms with van der Waals surface area (Å²) in [7, 11) is 0. The van der Waals surface area contributed by atoms with Gasteiger partial charge in [-0.3, -0.25) is 4.79 Å². The molecule has 0 radical (unpaired) electrons. The van der Waals surface area contributed by atoms with Crippen LogP contribution in [0.5, 0.6) is 0 Å². The third kappa shape index (κ3) is 4.83. The fourth-order valence-electron chi connectivity index (χ4n) is 2.55. The second-order valence-electron chi connectivity index (χ2n) is 6.02. The highest BCUT2D eigenvalue weighted by Gasteiger charge is 2.07. The highest BCUT2D eigenvalue weighted by molar-refractivity contribution is 6.30. The molecule has 4 nitrogen and oxygen atoms in total. The molecule has 1 amide bonds. The largest absolute Gasteiger partial charge is 0.366 e. The van der Waals surface area contributed by atoms with Gasteiger partial charge in [-0.1, -0.05) is 48.0 Å². The van der Waals surface area contributed by atoms with Gasteiger partial charge in [-0.05, 0) is 47.9 Å². The molecule has 26 heavy (non-hydrogen) atoms. The van der Waals surface area contributed by atoms with Crippen LogP contribution in [0.1, 0.15) is 27.0 Å². The van der Waals surface area contributed by atoms with Crippen molar-refractivity contribution in [2.75, 3.05) is 5.32 Å². The van der Waals surface area contributed by atoms with E-state index in [0.29, 0.717) is 29.5 Å². The van der Waals surface area contributed by atoms with Gasteiger partial charge in [0.1, 0.15) is 5.82 Å². The van der Waals surface area contributed by atoms with E-state index in [1.54, 1.807) is 18.3 Å². The zero-order valence-corrected chi connectivity index (χ0v) is 15.3. The smallest absolute Gasteiger partial charge is 0.251 e. The quantitative estimate of drug-likeness (QED) is 0.672. The average Bonchev–Trinajstić information content (AvgIpc) is 2.67. The van der Waals surface area contributed by atoms with Crippen molar-refractivity contribution in [3.05, 3.63) is 94.1 Å². The number of nitrogens with one attached hydrogen (secondary N) is 2. The topological polar surface area (TPSA) is 54.0 Å².